The average Bonchev–Trinajstić information content (AvgIpc) is 3.28. The van der Waals surface area contributed by atoms with E-state index in [0.717, 1.165) is 15.8 Å². The highest BCUT2D eigenvalue weighted by Gasteiger charge is 2.30. The molecule has 2 aromatic carbocycles. The summed E-state index contributed by atoms with van der Waals surface area (Å²) in [5, 5.41) is 0. The number of nitrogens with zero attached hydrogens (tertiary/aromatic N) is 3. The van der Waals surface area contributed by atoms with E-state index in [-0.39, 0.29) is 30.6 Å². The molecule has 0 unspecified atom stereocenters. The first kappa shape index (κ1) is 21.1. The first-order valence-corrected chi connectivity index (χ1v) is 11.0. The van der Waals surface area contributed by atoms with Crippen molar-refractivity contribution in [2.24, 2.45) is 4.99 Å². The van der Waals surface area contributed by atoms with Crippen molar-refractivity contribution >= 4 is 45.0 Å². The van der Waals surface area contributed by atoms with E-state index in [4.69, 9.17) is 4.74 Å². The van der Waals surface area contributed by atoms with Crippen LogP contribution < -0.4 is 9.70 Å². The van der Waals surface area contributed by atoms with Crippen LogP contribution in [0.3, 0.4) is 0 Å². The number of para-hydroxylation sites is 1. The van der Waals surface area contributed by atoms with Crippen LogP contribution in [-0.2, 0) is 20.9 Å². The Morgan fingerprint density at radius 3 is 2.48 bits per heavy atom. The Hall–Kier alpha value is -3.10. The Balaban J connectivity index is 1.67. The molecule has 31 heavy (non-hydrogen) atoms. The molecule has 1 aromatic heterocycles. The van der Waals surface area contributed by atoms with E-state index in [0.29, 0.717) is 35.8 Å². The molecule has 2 heterocycles. The Bertz CT molecular complexity index is 1210. The first-order valence-electron chi connectivity index (χ1n) is 10.2. The predicted molar refractivity (Wildman–Crippen MR) is 119 cm³/mol. The minimum absolute atomic E-state index is 0.218. The van der Waals surface area contributed by atoms with Crippen LogP contribution in [0, 0.1) is 6.92 Å². The summed E-state index contributed by atoms with van der Waals surface area (Å²) in [5.41, 5.74) is 3.05. The molecular formula is C23H23N3O4S. The van der Waals surface area contributed by atoms with Crippen molar-refractivity contribution in [1.29, 1.82) is 0 Å². The second-order valence-electron chi connectivity index (χ2n) is 7.24. The van der Waals surface area contributed by atoms with Gasteiger partial charge >= 0.3 is 0 Å². The fraction of sp³-hybridized carbons (Fsp3) is 0.304. The molecule has 0 atom stereocenters. The lowest BCUT2D eigenvalue weighted by molar-refractivity contribution is -0.121. The van der Waals surface area contributed by atoms with Crippen LogP contribution in [0.25, 0.3) is 10.2 Å². The van der Waals surface area contributed by atoms with Gasteiger partial charge in [0.25, 0.3) is 5.91 Å². The van der Waals surface area contributed by atoms with E-state index in [1.807, 2.05) is 36.6 Å². The molecule has 0 bridgehead atoms. The first-order chi connectivity index (χ1) is 15.0. The maximum absolute atomic E-state index is 12.9. The molecule has 1 aliphatic heterocycles. The van der Waals surface area contributed by atoms with Crippen molar-refractivity contribution in [2.45, 2.75) is 33.2 Å². The Morgan fingerprint density at radius 1 is 1.10 bits per heavy atom. The molecule has 3 amide bonds. The highest BCUT2D eigenvalue weighted by Crippen LogP contribution is 2.23. The van der Waals surface area contributed by atoms with Gasteiger partial charge in [0.1, 0.15) is 0 Å². The fourth-order valence-electron chi connectivity index (χ4n) is 3.67. The van der Waals surface area contributed by atoms with Crippen molar-refractivity contribution in [1.82, 2.24) is 4.57 Å². The number of ether oxygens (including phenoxy) is 1. The monoisotopic (exact) mass is 437 g/mol. The van der Waals surface area contributed by atoms with Crippen molar-refractivity contribution in [2.75, 3.05) is 18.1 Å². The van der Waals surface area contributed by atoms with Crippen LogP contribution >= 0.6 is 11.3 Å². The van der Waals surface area contributed by atoms with Crippen molar-refractivity contribution in [3.63, 3.8) is 0 Å². The van der Waals surface area contributed by atoms with Crippen molar-refractivity contribution < 1.29 is 19.1 Å². The molecule has 160 valence electrons. The highest BCUT2D eigenvalue weighted by atomic mass is 32.1. The summed E-state index contributed by atoms with van der Waals surface area (Å²) < 4.78 is 8.60. The van der Waals surface area contributed by atoms with Gasteiger partial charge in [-0.3, -0.25) is 19.3 Å². The zero-order valence-corrected chi connectivity index (χ0v) is 18.3. The minimum Gasteiger partial charge on any atom is -0.380 e. The third kappa shape index (κ3) is 4.22. The highest BCUT2D eigenvalue weighted by molar-refractivity contribution is 7.16. The Labute approximate surface area is 183 Å². The van der Waals surface area contributed by atoms with Gasteiger partial charge in [-0.2, -0.15) is 4.99 Å². The Morgan fingerprint density at radius 2 is 1.81 bits per heavy atom. The summed E-state index contributed by atoms with van der Waals surface area (Å²) in [6.45, 7) is 5.75. The number of carbonyl (C=O) groups is 3. The number of aromatic nitrogens is 1. The van der Waals surface area contributed by atoms with Gasteiger partial charge in [-0.25, -0.2) is 0 Å². The standard InChI is InChI=1S/C23H23N3O4S/c1-3-30-14-13-25-21-15(2)5-4-6-18(21)31-23(25)24-22(29)16-7-9-17(10-8-16)26-19(27)11-12-20(26)28/h4-10H,3,11-14H2,1-2H3. The van der Waals surface area contributed by atoms with Crippen LogP contribution in [0.5, 0.6) is 0 Å². The Kier molecular flexibility index (Phi) is 6.11. The molecule has 0 aliphatic carbocycles. The normalized spacial score (nSPS) is 14.8. The molecule has 0 spiro atoms. The third-order valence-electron chi connectivity index (χ3n) is 5.19. The number of thiazole rings is 1. The molecule has 1 fully saturated rings. The second kappa shape index (κ2) is 8.95. The number of imide groups is 1. The summed E-state index contributed by atoms with van der Waals surface area (Å²) in [4.78, 5) is 42.9. The molecule has 7 nitrogen and oxygen atoms in total. The lowest BCUT2D eigenvalue weighted by atomic mass is 10.2. The maximum atomic E-state index is 12.9. The number of hydrogen-bond acceptors (Lipinski definition) is 5. The van der Waals surface area contributed by atoms with Gasteiger partial charge in [0, 0.05) is 31.6 Å². The van der Waals surface area contributed by atoms with E-state index in [1.54, 1.807) is 24.3 Å². The molecule has 4 rings (SSSR count). The van der Waals surface area contributed by atoms with E-state index < -0.39 is 0 Å². The lowest BCUT2D eigenvalue weighted by Crippen LogP contribution is -2.28. The summed E-state index contributed by atoms with van der Waals surface area (Å²) in [6.07, 6.45) is 0.448. The zero-order chi connectivity index (χ0) is 22.0. The van der Waals surface area contributed by atoms with Gasteiger partial charge in [0.15, 0.2) is 4.80 Å². The zero-order valence-electron chi connectivity index (χ0n) is 17.5. The van der Waals surface area contributed by atoms with Gasteiger partial charge in [-0.15, -0.1) is 0 Å². The summed E-state index contributed by atoms with van der Waals surface area (Å²) in [7, 11) is 0. The number of carbonyl (C=O) groups excluding carboxylic acids is 3. The van der Waals surface area contributed by atoms with Crippen LogP contribution in [0.4, 0.5) is 5.69 Å². The van der Waals surface area contributed by atoms with E-state index in [1.165, 1.54) is 16.2 Å². The van der Waals surface area contributed by atoms with Crippen LogP contribution in [0.15, 0.2) is 47.5 Å². The number of amides is 3. The van der Waals surface area contributed by atoms with Crippen molar-refractivity contribution in [3.8, 4) is 0 Å². The summed E-state index contributed by atoms with van der Waals surface area (Å²) in [5.74, 6) is -0.811. The van der Waals surface area contributed by atoms with E-state index in [2.05, 4.69) is 4.99 Å². The van der Waals surface area contributed by atoms with E-state index in [9.17, 15) is 14.4 Å². The maximum Gasteiger partial charge on any atom is 0.279 e. The molecule has 1 saturated heterocycles. The average molecular weight is 438 g/mol. The number of anilines is 1. The molecule has 3 aromatic rings. The largest absolute Gasteiger partial charge is 0.380 e. The molecule has 0 radical (unpaired) electrons. The minimum atomic E-state index is -0.375. The number of rotatable bonds is 6. The molecule has 0 N–H and O–H groups in total. The van der Waals surface area contributed by atoms with Gasteiger partial charge < -0.3 is 9.30 Å². The molecule has 8 heteroatoms. The molecule has 1 aliphatic rings. The fourth-order valence-corrected chi connectivity index (χ4v) is 4.80. The second-order valence-corrected chi connectivity index (χ2v) is 8.25. The number of fused-ring (bicyclic) bond motifs is 1. The third-order valence-corrected chi connectivity index (χ3v) is 6.23. The quantitative estimate of drug-likeness (QED) is 0.437. The molecular weight excluding hydrogens is 414 g/mol. The van der Waals surface area contributed by atoms with Gasteiger partial charge in [-0.05, 0) is 49.7 Å². The van der Waals surface area contributed by atoms with Gasteiger partial charge in [-0.1, -0.05) is 23.5 Å². The predicted octanol–water partition coefficient (Wildman–Crippen LogP) is 3.44. The van der Waals surface area contributed by atoms with Crippen molar-refractivity contribution in [3.05, 3.63) is 58.4 Å². The van der Waals surface area contributed by atoms with Gasteiger partial charge in [0.2, 0.25) is 11.8 Å². The van der Waals surface area contributed by atoms with Crippen LogP contribution in [0.1, 0.15) is 35.7 Å². The number of hydrogen-bond donors (Lipinski definition) is 0. The van der Waals surface area contributed by atoms with Gasteiger partial charge in [0.05, 0.1) is 22.5 Å². The number of benzene rings is 2. The lowest BCUT2D eigenvalue weighted by Gasteiger charge is -2.13. The molecule has 0 saturated carbocycles. The van der Waals surface area contributed by atoms with Crippen LogP contribution in [-0.4, -0.2) is 35.5 Å². The van der Waals surface area contributed by atoms with E-state index >= 15 is 0 Å². The van der Waals surface area contributed by atoms with Crippen LogP contribution in [0.2, 0.25) is 0 Å². The topological polar surface area (TPSA) is 81.0 Å². The smallest absolute Gasteiger partial charge is 0.279 e. The summed E-state index contributed by atoms with van der Waals surface area (Å²) in [6, 6.07) is 12.5. The SMILES string of the molecule is CCOCCn1c(=NC(=O)c2ccc(N3C(=O)CCC3=O)cc2)sc2cccc(C)c21. The number of aryl methyl sites for hydroxylation is 1. The summed E-state index contributed by atoms with van der Waals surface area (Å²) >= 11 is 1.47.